The molecule has 0 saturated heterocycles. The Morgan fingerprint density at radius 2 is 2.31 bits per heavy atom. The summed E-state index contributed by atoms with van der Waals surface area (Å²) in [5.41, 5.74) is 3.40. The smallest absolute Gasteiger partial charge is 0.0472 e. The Balaban J connectivity index is 2.13. The van der Waals surface area contributed by atoms with Gasteiger partial charge < -0.3 is 0 Å². The van der Waals surface area contributed by atoms with E-state index in [4.69, 9.17) is 0 Å². The number of hydrogen-bond acceptors (Lipinski definition) is 1. The summed E-state index contributed by atoms with van der Waals surface area (Å²) >= 11 is 0. The SMILES string of the molecule is CC1(C)[C@H]2Cc3cccnc3[C@@H]1C2. The lowest BCUT2D eigenvalue weighted by molar-refractivity contribution is 0.0155. The van der Waals surface area contributed by atoms with Crippen molar-refractivity contribution in [1.29, 1.82) is 0 Å². The minimum absolute atomic E-state index is 0.515. The van der Waals surface area contributed by atoms with Crippen molar-refractivity contribution < 1.29 is 0 Å². The lowest BCUT2D eigenvalue weighted by Gasteiger charge is -2.56. The van der Waals surface area contributed by atoms with Crippen molar-refractivity contribution in [2.45, 2.75) is 32.6 Å². The molecule has 1 aromatic rings. The summed E-state index contributed by atoms with van der Waals surface area (Å²) in [6, 6.07) is 4.31. The van der Waals surface area contributed by atoms with Gasteiger partial charge in [-0.05, 0) is 35.8 Å². The maximum Gasteiger partial charge on any atom is 0.0472 e. The van der Waals surface area contributed by atoms with Crippen molar-refractivity contribution in [3.63, 3.8) is 0 Å². The zero-order chi connectivity index (χ0) is 9.05. The third-order valence-corrected chi connectivity index (χ3v) is 4.19. The van der Waals surface area contributed by atoms with Crippen molar-refractivity contribution in [2.24, 2.45) is 11.3 Å². The van der Waals surface area contributed by atoms with Crippen LogP contribution in [-0.2, 0) is 6.42 Å². The van der Waals surface area contributed by atoms with Crippen LogP contribution >= 0.6 is 0 Å². The number of rotatable bonds is 0. The predicted octanol–water partition coefficient (Wildman–Crippen LogP) is 2.77. The van der Waals surface area contributed by atoms with Gasteiger partial charge in [-0.3, -0.25) is 4.98 Å². The summed E-state index contributed by atoms with van der Waals surface area (Å²) in [5, 5.41) is 0. The van der Waals surface area contributed by atoms with Crippen molar-refractivity contribution in [3.8, 4) is 0 Å². The van der Waals surface area contributed by atoms with Crippen molar-refractivity contribution in [2.75, 3.05) is 0 Å². The molecule has 0 amide bonds. The molecule has 3 aliphatic rings. The van der Waals surface area contributed by atoms with Gasteiger partial charge in [0.2, 0.25) is 0 Å². The molecule has 1 nitrogen and oxygen atoms in total. The molecule has 0 unspecified atom stereocenters. The third-order valence-electron chi connectivity index (χ3n) is 4.19. The molecule has 3 aliphatic carbocycles. The van der Waals surface area contributed by atoms with Gasteiger partial charge in [-0.25, -0.2) is 0 Å². The second-order valence-corrected chi connectivity index (χ2v) is 5.06. The molecule has 2 atom stereocenters. The summed E-state index contributed by atoms with van der Waals surface area (Å²) in [7, 11) is 0. The summed E-state index contributed by atoms with van der Waals surface area (Å²) in [4.78, 5) is 4.53. The van der Waals surface area contributed by atoms with Crippen LogP contribution in [0.2, 0.25) is 0 Å². The van der Waals surface area contributed by atoms with Crippen LogP contribution in [-0.4, -0.2) is 4.98 Å². The Morgan fingerprint density at radius 1 is 1.46 bits per heavy atom. The van der Waals surface area contributed by atoms with Gasteiger partial charge >= 0.3 is 0 Å². The van der Waals surface area contributed by atoms with Gasteiger partial charge in [0.1, 0.15) is 0 Å². The number of nitrogens with zero attached hydrogens (tertiary/aromatic N) is 1. The van der Waals surface area contributed by atoms with E-state index in [2.05, 4.69) is 31.0 Å². The Bertz CT molecular complexity index is 354. The molecule has 4 rings (SSSR count). The topological polar surface area (TPSA) is 12.9 Å². The van der Waals surface area contributed by atoms with E-state index < -0.39 is 0 Å². The minimum atomic E-state index is 0.515. The second-order valence-electron chi connectivity index (χ2n) is 5.06. The molecule has 0 aromatic carbocycles. The van der Waals surface area contributed by atoms with Crippen LogP contribution in [0.3, 0.4) is 0 Å². The van der Waals surface area contributed by atoms with Gasteiger partial charge in [-0.2, -0.15) is 0 Å². The van der Waals surface area contributed by atoms with Gasteiger partial charge in [-0.15, -0.1) is 0 Å². The number of pyridine rings is 1. The minimum Gasteiger partial charge on any atom is -0.261 e. The van der Waals surface area contributed by atoms with E-state index in [0.717, 1.165) is 11.8 Å². The highest BCUT2D eigenvalue weighted by molar-refractivity contribution is 5.34. The normalized spacial score (nSPS) is 33.4. The lowest BCUT2D eigenvalue weighted by atomic mass is 9.48. The van der Waals surface area contributed by atoms with E-state index in [0.29, 0.717) is 5.41 Å². The molecule has 1 fully saturated rings. The van der Waals surface area contributed by atoms with E-state index >= 15 is 0 Å². The Hall–Kier alpha value is -0.850. The van der Waals surface area contributed by atoms with Crippen LogP contribution in [0, 0.1) is 11.3 Å². The zero-order valence-corrected chi connectivity index (χ0v) is 8.25. The number of aromatic nitrogens is 1. The molecule has 1 heteroatoms. The van der Waals surface area contributed by atoms with Crippen LogP contribution in [0.1, 0.15) is 37.4 Å². The van der Waals surface area contributed by atoms with Crippen LogP contribution < -0.4 is 0 Å². The second kappa shape index (κ2) is 2.14. The first kappa shape index (κ1) is 7.54. The largest absolute Gasteiger partial charge is 0.261 e. The van der Waals surface area contributed by atoms with Crippen LogP contribution in [0.4, 0.5) is 0 Å². The molecule has 1 aromatic heterocycles. The molecule has 1 saturated carbocycles. The standard InChI is InChI=1S/C12H15N/c1-12(2)9-6-8-4-3-5-13-11(8)10(12)7-9/h3-5,9-10H,6-7H2,1-2H3/t9-,10-/m0/s1. The van der Waals surface area contributed by atoms with E-state index in [1.807, 2.05) is 6.20 Å². The average molecular weight is 173 g/mol. The monoisotopic (exact) mass is 173 g/mol. The van der Waals surface area contributed by atoms with Gasteiger partial charge in [0.25, 0.3) is 0 Å². The van der Waals surface area contributed by atoms with E-state index in [1.165, 1.54) is 24.1 Å². The van der Waals surface area contributed by atoms with Crippen molar-refractivity contribution >= 4 is 0 Å². The van der Waals surface area contributed by atoms with Gasteiger partial charge in [0.15, 0.2) is 0 Å². The Labute approximate surface area is 79.2 Å². The molecule has 2 bridgehead atoms. The van der Waals surface area contributed by atoms with E-state index in [-0.39, 0.29) is 0 Å². The molecular weight excluding hydrogens is 158 g/mol. The van der Waals surface area contributed by atoms with Crippen LogP contribution in [0.25, 0.3) is 0 Å². The van der Waals surface area contributed by atoms with Crippen LogP contribution in [0.15, 0.2) is 18.3 Å². The van der Waals surface area contributed by atoms with Gasteiger partial charge in [-0.1, -0.05) is 19.9 Å². The highest BCUT2D eigenvalue weighted by Gasteiger charge is 2.52. The van der Waals surface area contributed by atoms with E-state index in [9.17, 15) is 0 Å². The average Bonchev–Trinajstić information content (AvgIpc) is 2.16. The molecule has 68 valence electrons. The molecule has 0 N–H and O–H groups in total. The molecule has 0 radical (unpaired) electrons. The van der Waals surface area contributed by atoms with E-state index in [1.54, 1.807) is 0 Å². The number of hydrogen-bond donors (Lipinski definition) is 0. The fourth-order valence-corrected chi connectivity index (χ4v) is 3.03. The summed E-state index contributed by atoms with van der Waals surface area (Å²) < 4.78 is 0. The molecule has 1 heterocycles. The summed E-state index contributed by atoms with van der Waals surface area (Å²) in [6.07, 6.45) is 4.57. The summed E-state index contributed by atoms with van der Waals surface area (Å²) in [5.74, 6) is 1.65. The highest BCUT2D eigenvalue weighted by atomic mass is 14.7. The fourth-order valence-electron chi connectivity index (χ4n) is 3.03. The third kappa shape index (κ3) is 0.800. The Morgan fingerprint density at radius 3 is 3.08 bits per heavy atom. The fraction of sp³-hybridized carbons (Fsp3) is 0.583. The molecule has 13 heavy (non-hydrogen) atoms. The van der Waals surface area contributed by atoms with Gasteiger partial charge in [0, 0.05) is 17.8 Å². The first-order chi connectivity index (χ1) is 6.19. The van der Waals surface area contributed by atoms with Crippen LogP contribution in [0.5, 0.6) is 0 Å². The zero-order valence-electron chi connectivity index (χ0n) is 8.25. The van der Waals surface area contributed by atoms with Crippen molar-refractivity contribution in [1.82, 2.24) is 4.98 Å². The van der Waals surface area contributed by atoms with Crippen molar-refractivity contribution in [3.05, 3.63) is 29.6 Å². The highest BCUT2D eigenvalue weighted by Crippen LogP contribution is 2.61. The summed E-state index contributed by atoms with van der Waals surface area (Å²) in [6.45, 7) is 4.78. The van der Waals surface area contributed by atoms with Gasteiger partial charge in [0.05, 0.1) is 0 Å². The first-order valence-electron chi connectivity index (χ1n) is 5.13. The maximum atomic E-state index is 4.53. The first-order valence-corrected chi connectivity index (χ1v) is 5.13. The predicted molar refractivity (Wildman–Crippen MR) is 52.6 cm³/mol. The molecule has 0 spiro atoms. The Kier molecular flexibility index (Phi) is 1.24. The quantitative estimate of drug-likeness (QED) is 0.588. The maximum absolute atomic E-state index is 4.53. The lowest BCUT2D eigenvalue weighted by Crippen LogP contribution is -2.48. The molecular formula is C12H15N. The molecule has 0 aliphatic heterocycles.